The summed E-state index contributed by atoms with van der Waals surface area (Å²) in [6.07, 6.45) is 0. The molecule has 12 aromatic rings. The van der Waals surface area contributed by atoms with E-state index in [1.807, 2.05) is 103 Å². The molecule has 0 radical (unpaired) electrons. The van der Waals surface area contributed by atoms with E-state index in [-0.39, 0.29) is 52.4 Å². The number of benzene rings is 9. The van der Waals surface area contributed by atoms with Gasteiger partial charge in [0.25, 0.3) is 0 Å². The highest BCUT2D eigenvalue weighted by Crippen LogP contribution is 2.43. The first-order valence-electron chi connectivity index (χ1n) is 22.9. The molecule has 0 bridgehead atoms. The highest BCUT2D eigenvalue weighted by molar-refractivity contribution is 6.14. The van der Waals surface area contributed by atoms with Gasteiger partial charge in [0.1, 0.15) is 33.5 Å². The predicted octanol–water partition coefficient (Wildman–Crippen LogP) is 15.9. The average Bonchev–Trinajstić information content (AvgIpc) is 4.05. The molecule has 4 heteroatoms. The van der Waals surface area contributed by atoms with Crippen molar-refractivity contribution in [3.8, 4) is 33.4 Å². The van der Waals surface area contributed by atoms with Crippen LogP contribution in [0.25, 0.3) is 99.2 Å². The monoisotopic (exact) mass is 751 g/mol. The molecule has 0 aliphatic carbocycles. The van der Waals surface area contributed by atoms with Gasteiger partial charge in [-0.15, -0.1) is 0 Å². The van der Waals surface area contributed by atoms with Gasteiger partial charge in [0, 0.05) is 54.9 Å². The van der Waals surface area contributed by atoms with E-state index in [0.29, 0.717) is 49.8 Å². The lowest BCUT2D eigenvalue weighted by Gasteiger charge is -2.26. The maximum absolute atomic E-state index is 9.69. The van der Waals surface area contributed by atoms with Gasteiger partial charge in [-0.25, -0.2) is 0 Å². The summed E-state index contributed by atoms with van der Waals surface area (Å²) in [5.41, 5.74) is 6.08. The number of nitrogens with zero attached hydrogens (tertiary/aromatic N) is 1. The van der Waals surface area contributed by atoms with E-state index in [1.54, 1.807) is 48.5 Å². The number of anilines is 3. The molecule has 0 saturated carbocycles. The summed E-state index contributed by atoms with van der Waals surface area (Å²) < 4.78 is 95.6. The van der Waals surface area contributed by atoms with Gasteiger partial charge in [0.05, 0.1) is 11.0 Å². The van der Waals surface area contributed by atoms with Gasteiger partial charge in [-0.3, -0.25) is 0 Å². The molecule has 0 aliphatic heterocycles. The molecule has 3 aromatic heterocycles. The fraction of sp³-hybridized carbons (Fsp3) is 0. The second-order valence-electron chi connectivity index (χ2n) is 14.2. The quantitative estimate of drug-likeness (QED) is 0.170. The number of furan rings is 3. The summed E-state index contributed by atoms with van der Waals surface area (Å²) in [4.78, 5) is 1.32. The third-order valence-electron chi connectivity index (χ3n) is 10.9. The molecule has 0 amide bonds. The number of hydrogen-bond acceptors (Lipinski definition) is 4. The van der Waals surface area contributed by atoms with Gasteiger partial charge >= 0.3 is 0 Å². The molecule has 4 nitrogen and oxygen atoms in total. The summed E-state index contributed by atoms with van der Waals surface area (Å²) in [7, 11) is 0. The number of fused-ring (bicyclic) bond motifs is 9. The van der Waals surface area contributed by atoms with Crippen LogP contribution in [0.15, 0.2) is 213 Å². The predicted molar refractivity (Wildman–Crippen MR) is 239 cm³/mol. The van der Waals surface area contributed by atoms with Crippen molar-refractivity contribution in [1.82, 2.24) is 0 Å². The molecule has 0 spiro atoms. The second-order valence-corrected chi connectivity index (χ2v) is 14.2. The molecule has 0 N–H and O–H groups in total. The molecule has 0 atom stereocenters. The Bertz CT molecular complexity index is 3760. The van der Waals surface area contributed by atoms with Crippen molar-refractivity contribution in [1.29, 1.82) is 0 Å². The summed E-state index contributed by atoms with van der Waals surface area (Å²) in [5, 5.41) is 4.72. The lowest BCUT2D eigenvalue weighted by Crippen LogP contribution is -2.09. The molecule has 0 unspecified atom stereocenters. The van der Waals surface area contributed by atoms with Crippen molar-refractivity contribution in [2.75, 3.05) is 4.90 Å². The zero-order valence-corrected chi connectivity index (χ0v) is 30.6. The molecular weight excluding hydrogens is 711 g/mol. The first-order chi connectivity index (χ1) is 32.1. The van der Waals surface area contributed by atoms with Crippen molar-refractivity contribution in [2.24, 2.45) is 0 Å². The zero-order chi connectivity index (χ0) is 45.1. The minimum Gasteiger partial charge on any atom is -0.456 e. The molecule has 0 fully saturated rings. The van der Waals surface area contributed by atoms with Crippen LogP contribution in [0, 0.1) is 0 Å². The maximum Gasteiger partial charge on any atom is 0.143 e. The van der Waals surface area contributed by atoms with Crippen LogP contribution in [0.5, 0.6) is 0 Å². The van der Waals surface area contributed by atoms with Crippen LogP contribution in [0.1, 0.15) is 11.0 Å². The summed E-state index contributed by atoms with van der Waals surface area (Å²) in [6, 6.07) is 43.1. The molecule has 12 rings (SSSR count). The fourth-order valence-corrected chi connectivity index (χ4v) is 8.21. The molecule has 3 heterocycles. The van der Waals surface area contributed by atoms with E-state index in [2.05, 4.69) is 0 Å². The summed E-state index contributed by atoms with van der Waals surface area (Å²) >= 11 is 0. The van der Waals surface area contributed by atoms with Crippen LogP contribution in [-0.4, -0.2) is 0 Å². The fourth-order valence-electron chi connectivity index (χ4n) is 8.21. The highest BCUT2D eigenvalue weighted by atomic mass is 16.3. The number of rotatable bonds is 6. The van der Waals surface area contributed by atoms with Crippen LogP contribution in [0.3, 0.4) is 0 Å². The van der Waals surface area contributed by atoms with Gasteiger partial charge in [-0.2, -0.15) is 0 Å². The molecule has 272 valence electrons. The first kappa shape index (κ1) is 25.4. The van der Waals surface area contributed by atoms with Crippen molar-refractivity contribution in [2.45, 2.75) is 0 Å². The summed E-state index contributed by atoms with van der Waals surface area (Å²) in [6.45, 7) is 0. The minimum atomic E-state index is -0.442. The Morgan fingerprint density at radius 2 is 0.741 bits per heavy atom. The van der Waals surface area contributed by atoms with Crippen LogP contribution < -0.4 is 4.90 Å². The van der Waals surface area contributed by atoms with Crippen LogP contribution in [0.4, 0.5) is 17.1 Å². The third kappa shape index (κ3) is 5.09. The SMILES string of the molecule is [2H]c1c([2H])c(N(c2ccc(-c3cccc4c3oc3ccccc34)cc2)c2c([2H])c([2H])c(-c3cccc4oc5ccccc5c34)c([2H])c2[2H])c([2H])c([2H])c1-c1cccc2oc3ccccc3c12. The standard InChI is InChI=1S/C54H33NO3/c1-4-17-47-43(10-1)44-16-7-15-42(54(44)58-47)36-26-32-39(33-27-36)55(37-28-22-34(23-29-37)40-13-8-20-50-52(40)45-11-2-5-18-48(45)56-50)38-30-24-35(25-31-38)41-14-9-21-51-53(41)46-12-3-6-19-49(46)57-51/h1-33H/i22D,23D,24D,25D,28D,29D,30D,31D. The van der Waals surface area contributed by atoms with E-state index in [9.17, 15) is 11.0 Å². The van der Waals surface area contributed by atoms with Crippen molar-refractivity contribution >= 4 is 82.9 Å². The average molecular weight is 752 g/mol. The largest absolute Gasteiger partial charge is 0.456 e. The van der Waals surface area contributed by atoms with Crippen molar-refractivity contribution < 1.29 is 24.2 Å². The lowest BCUT2D eigenvalue weighted by molar-refractivity contribution is 0.668. The van der Waals surface area contributed by atoms with Crippen LogP contribution in [-0.2, 0) is 0 Å². The Kier molecular flexibility index (Phi) is 5.63. The Morgan fingerprint density at radius 3 is 1.29 bits per heavy atom. The topological polar surface area (TPSA) is 42.7 Å². The number of para-hydroxylation sites is 4. The Morgan fingerprint density at radius 1 is 0.310 bits per heavy atom. The van der Waals surface area contributed by atoms with E-state index < -0.39 is 24.2 Å². The Balaban J connectivity index is 1.09. The van der Waals surface area contributed by atoms with Gasteiger partial charge in [-0.05, 0) is 94.5 Å². The van der Waals surface area contributed by atoms with Crippen molar-refractivity contribution in [3.63, 3.8) is 0 Å². The molecule has 58 heavy (non-hydrogen) atoms. The third-order valence-corrected chi connectivity index (χ3v) is 10.9. The minimum absolute atomic E-state index is 0.0514. The van der Waals surface area contributed by atoms with Gasteiger partial charge in [-0.1, -0.05) is 133 Å². The van der Waals surface area contributed by atoms with E-state index >= 15 is 0 Å². The first-order valence-corrected chi connectivity index (χ1v) is 18.9. The summed E-state index contributed by atoms with van der Waals surface area (Å²) in [5.74, 6) is 0. The smallest absolute Gasteiger partial charge is 0.143 e. The Labute approximate surface area is 344 Å². The van der Waals surface area contributed by atoms with E-state index in [0.717, 1.165) is 38.3 Å². The molecule has 0 saturated heterocycles. The van der Waals surface area contributed by atoms with Gasteiger partial charge < -0.3 is 18.2 Å². The maximum atomic E-state index is 9.69. The van der Waals surface area contributed by atoms with E-state index in [1.165, 1.54) is 4.90 Å². The van der Waals surface area contributed by atoms with Crippen molar-refractivity contribution in [3.05, 3.63) is 200 Å². The molecular formula is C54H33NO3. The lowest BCUT2D eigenvalue weighted by atomic mass is 9.98. The van der Waals surface area contributed by atoms with Gasteiger partial charge in [0.15, 0.2) is 0 Å². The molecule has 0 aliphatic rings. The normalized spacial score (nSPS) is 13.7. The van der Waals surface area contributed by atoms with E-state index in [4.69, 9.17) is 13.3 Å². The second kappa shape index (κ2) is 12.9. The van der Waals surface area contributed by atoms with Crippen LogP contribution in [0.2, 0.25) is 0 Å². The molecule has 9 aromatic carbocycles. The highest BCUT2D eigenvalue weighted by Gasteiger charge is 2.18. The van der Waals surface area contributed by atoms with Crippen LogP contribution >= 0.6 is 0 Å². The zero-order valence-electron chi connectivity index (χ0n) is 38.6. The Hall–Kier alpha value is -7.82. The number of hydrogen-bond donors (Lipinski definition) is 0. The van der Waals surface area contributed by atoms with Gasteiger partial charge in [0.2, 0.25) is 0 Å².